The molecule has 0 heterocycles. The average Bonchev–Trinajstić information content (AvgIpc) is 2.40. The average molecular weight is 243 g/mol. The molecule has 0 saturated heterocycles. The summed E-state index contributed by atoms with van der Waals surface area (Å²) in [4.78, 5) is 0. The zero-order valence-corrected chi connectivity index (χ0v) is 10.6. The monoisotopic (exact) mass is 243 g/mol. The van der Waals surface area contributed by atoms with Gasteiger partial charge in [-0.25, -0.2) is 0 Å². The highest BCUT2D eigenvalue weighted by Gasteiger charge is 2.10. The molecule has 0 aliphatic rings. The van der Waals surface area contributed by atoms with Crippen molar-refractivity contribution in [2.45, 2.75) is 13.0 Å². The highest BCUT2D eigenvalue weighted by molar-refractivity contribution is 5.45. The van der Waals surface area contributed by atoms with E-state index in [1.807, 2.05) is 55.5 Å². The Morgan fingerprint density at radius 1 is 0.889 bits per heavy atom. The molecule has 0 saturated carbocycles. The summed E-state index contributed by atoms with van der Waals surface area (Å²) < 4.78 is 11.1. The first-order valence-electron chi connectivity index (χ1n) is 5.87. The van der Waals surface area contributed by atoms with Gasteiger partial charge in [0.15, 0.2) is 11.5 Å². The normalized spacial score (nSPS) is 11.9. The molecule has 18 heavy (non-hydrogen) atoms. The van der Waals surface area contributed by atoms with Crippen LogP contribution in [-0.4, -0.2) is 7.11 Å². The second-order valence-electron chi connectivity index (χ2n) is 4.08. The van der Waals surface area contributed by atoms with Crippen LogP contribution in [-0.2, 0) is 0 Å². The van der Waals surface area contributed by atoms with Crippen molar-refractivity contribution < 1.29 is 9.47 Å². The third-order valence-electron chi connectivity index (χ3n) is 2.70. The first-order chi connectivity index (χ1) is 8.72. The van der Waals surface area contributed by atoms with E-state index in [9.17, 15) is 0 Å². The molecule has 94 valence electrons. The number of rotatable bonds is 4. The molecule has 3 heteroatoms. The van der Waals surface area contributed by atoms with Gasteiger partial charge in [-0.05, 0) is 25.1 Å². The van der Waals surface area contributed by atoms with Crippen molar-refractivity contribution in [3.63, 3.8) is 0 Å². The Bertz CT molecular complexity index is 523. The molecule has 0 aliphatic heterocycles. The number of benzene rings is 2. The van der Waals surface area contributed by atoms with Crippen LogP contribution in [0.25, 0.3) is 0 Å². The Labute approximate surface area is 107 Å². The van der Waals surface area contributed by atoms with Crippen LogP contribution in [0.3, 0.4) is 0 Å². The van der Waals surface area contributed by atoms with Gasteiger partial charge in [-0.2, -0.15) is 0 Å². The van der Waals surface area contributed by atoms with E-state index >= 15 is 0 Å². The smallest absolute Gasteiger partial charge is 0.169 e. The van der Waals surface area contributed by atoms with Crippen molar-refractivity contribution in [3.05, 3.63) is 54.1 Å². The third kappa shape index (κ3) is 2.63. The van der Waals surface area contributed by atoms with Crippen LogP contribution in [0.2, 0.25) is 0 Å². The van der Waals surface area contributed by atoms with Crippen LogP contribution in [0.5, 0.6) is 17.2 Å². The maximum absolute atomic E-state index is 5.93. The van der Waals surface area contributed by atoms with Crippen LogP contribution in [0.4, 0.5) is 0 Å². The van der Waals surface area contributed by atoms with Crippen molar-refractivity contribution >= 4 is 0 Å². The standard InChI is InChI=1S/C15H17NO2/c1-11(16)12-7-3-4-8-13(12)18-15-10-6-5-9-14(15)17-2/h3-11H,16H2,1-2H3/t11-/m1/s1. The van der Waals surface area contributed by atoms with Crippen LogP contribution < -0.4 is 15.2 Å². The molecule has 0 bridgehead atoms. The van der Waals surface area contributed by atoms with E-state index in [0.29, 0.717) is 11.5 Å². The summed E-state index contributed by atoms with van der Waals surface area (Å²) in [6, 6.07) is 15.2. The molecule has 2 aromatic rings. The highest BCUT2D eigenvalue weighted by atomic mass is 16.5. The number of hydrogen-bond donors (Lipinski definition) is 1. The molecule has 2 aromatic carbocycles. The summed E-state index contributed by atoms with van der Waals surface area (Å²) in [6.45, 7) is 1.93. The van der Waals surface area contributed by atoms with Gasteiger partial charge in [-0.3, -0.25) is 0 Å². The second kappa shape index (κ2) is 5.56. The minimum Gasteiger partial charge on any atom is -0.493 e. The Balaban J connectivity index is 2.34. The van der Waals surface area contributed by atoms with Crippen molar-refractivity contribution in [3.8, 4) is 17.2 Å². The molecule has 0 radical (unpaired) electrons. The number of ether oxygens (including phenoxy) is 2. The zero-order valence-electron chi connectivity index (χ0n) is 10.6. The summed E-state index contributed by atoms with van der Waals surface area (Å²) in [5, 5.41) is 0. The molecular weight excluding hydrogens is 226 g/mol. The van der Waals surface area contributed by atoms with E-state index in [2.05, 4.69) is 0 Å². The molecule has 0 fully saturated rings. The molecule has 2 N–H and O–H groups in total. The van der Waals surface area contributed by atoms with Gasteiger partial charge in [0.25, 0.3) is 0 Å². The van der Waals surface area contributed by atoms with Gasteiger partial charge in [0.05, 0.1) is 7.11 Å². The predicted molar refractivity (Wildman–Crippen MR) is 72.1 cm³/mol. The minimum atomic E-state index is -0.0732. The largest absolute Gasteiger partial charge is 0.493 e. The maximum Gasteiger partial charge on any atom is 0.169 e. The Morgan fingerprint density at radius 2 is 1.44 bits per heavy atom. The Hall–Kier alpha value is -2.00. The summed E-state index contributed by atoms with van der Waals surface area (Å²) in [6.07, 6.45) is 0. The fourth-order valence-corrected chi connectivity index (χ4v) is 1.77. The van der Waals surface area contributed by atoms with Crippen LogP contribution in [0.15, 0.2) is 48.5 Å². The van der Waals surface area contributed by atoms with Crippen LogP contribution in [0, 0.1) is 0 Å². The van der Waals surface area contributed by atoms with E-state index < -0.39 is 0 Å². The van der Waals surface area contributed by atoms with Gasteiger partial charge in [0.1, 0.15) is 5.75 Å². The summed E-state index contributed by atoms with van der Waals surface area (Å²) in [5.41, 5.74) is 6.90. The lowest BCUT2D eigenvalue weighted by Crippen LogP contribution is -2.06. The highest BCUT2D eigenvalue weighted by Crippen LogP contribution is 2.33. The number of methoxy groups -OCH3 is 1. The molecule has 1 atom stereocenters. The van der Waals surface area contributed by atoms with Gasteiger partial charge < -0.3 is 15.2 Å². The maximum atomic E-state index is 5.93. The molecule has 0 amide bonds. The van der Waals surface area contributed by atoms with Gasteiger partial charge in [0.2, 0.25) is 0 Å². The van der Waals surface area contributed by atoms with Crippen molar-refractivity contribution in [1.82, 2.24) is 0 Å². The molecule has 0 aromatic heterocycles. The van der Waals surface area contributed by atoms with Crippen LogP contribution in [0.1, 0.15) is 18.5 Å². The van der Waals surface area contributed by atoms with Gasteiger partial charge in [0, 0.05) is 11.6 Å². The quantitative estimate of drug-likeness (QED) is 0.893. The fraction of sp³-hybridized carbons (Fsp3) is 0.200. The van der Waals surface area contributed by atoms with E-state index in [1.54, 1.807) is 7.11 Å². The first kappa shape index (κ1) is 12.5. The third-order valence-corrected chi connectivity index (χ3v) is 2.70. The lowest BCUT2D eigenvalue weighted by molar-refractivity contribution is 0.377. The van der Waals surface area contributed by atoms with E-state index in [0.717, 1.165) is 11.3 Å². The number of nitrogens with two attached hydrogens (primary N) is 1. The second-order valence-corrected chi connectivity index (χ2v) is 4.08. The predicted octanol–water partition coefficient (Wildman–Crippen LogP) is 3.51. The van der Waals surface area contributed by atoms with Crippen molar-refractivity contribution in [2.75, 3.05) is 7.11 Å². The minimum absolute atomic E-state index is 0.0732. The van der Waals surface area contributed by atoms with Crippen molar-refractivity contribution in [1.29, 1.82) is 0 Å². The van der Waals surface area contributed by atoms with E-state index in [-0.39, 0.29) is 6.04 Å². The zero-order chi connectivity index (χ0) is 13.0. The van der Waals surface area contributed by atoms with Crippen LogP contribution >= 0.6 is 0 Å². The van der Waals surface area contributed by atoms with Gasteiger partial charge in [-0.1, -0.05) is 30.3 Å². The molecular formula is C15H17NO2. The van der Waals surface area contributed by atoms with E-state index in [1.165, 1.54) is 0 Å². The lowest BCUT2D eigenvalue weighted by Gasteiger charge is -2.15. The summed E-state index contributed by atoms with van der Waals surface area (Å²) in [7, 11) is 1.62. The number of hydrogen-bond acceptors (Lipinski definition) is 3. The molecule has 2 rings (SSSR count). The van der Waals surface area contributed by atoms with Gasteiger partial charge in [-0.15, -0.1) is 0 Å². The first-order valence-corrected chi connectivity index (χ1v) is 5.87. The topological polar surface area (TPSA) is 44.5 Å². The van der Waals surface area contributed by atoms with Gasteiger partial charge >= 0.3 is 0 Å². The fourth-order valence-electron chi connectivity index (χ4n) is 1.77. The Kier molecular flexibility index (Phi) is 3.85. The molecule has 0 spiro atoms. The molecule has 0 unspecified atom stereocenters. The summed E-state index contributed by atoms with van der Waals surface area (Å²) in [5.74, 6) is 2.15. The number of para-hydroxylation sites is 3. The molecule has 0 aliphatic carbocycles. The SMILES string of the molecule is COc1ccccc1Oc1ccccc1[C@@H](C)N. The molecule has 3 nitrogen and oxygen atoms in total. The van der Waals surface area contributed by atoms with Crippen molar-refractivity contribution in [2.24, 2.45) is 5.73 Å². The summed E-state index contributed by atoms with van der Waals surface area (Å²) >= 11 is 0. The lowest BCUT2D eigenvalue weighted by atomic mass is 10.1. The van der Waals surface area contributed by atoms with E-state index in [4.69, 9.17) is 15.2 Å². The Morgan fingerprint density at radius 3 is 2.06 bits per heavy atom.